The fraction of sp³-hybridized carbons (Fsp3) is 0.458. The first-order valence-electron chi connectivity index (χ1n) is 10.9. The largest absolute Gasteiger partial charge is 0.493 e. The summed E-state index contributed by atoms with van der Waals surface area (Å²) in [6.07, 6.45) is 1.10. The van der Waals surface area contributed by atoms with Gasteiger partial charge in [-0.15, -0.1) is 23.5 Å². The number of cyclic esters (lactones) is 1. The molecule has 33 heavy (non-hydrogen) atoms. The third kappa shape index (κ3) is 2.85. The smallest absolute Gasteiger partial charge is 0.313 e. The van der Waals surface area contributed by atoms with Crippen molar-refractivity contribution in [2.45, 2.75) is 16.1 Å². The van der Waals surface area contributed by atoms with Crippen molar-refractivity contribution in [2.75, 3.05) is 39.1 Å². The first-order chi connectivity index (χ1) is 16.0. The number of benzene rings is 2. The van der Waals surface area contributed by atoms with Crippen molar-refractivity contribution in [1.29, 1.82) is 0 Å². The molecule has 0 bridgehead atoms. The standard InChI is InChI=1S/C24H24O7S2/c1-27-18-9-14-15(10-19(18)28-2)24(32-6-3-7-33-24)16-11-29-22(25)21(16)23(14,26)13-4-5-17-20(8-13)31-12-30-17/h4-5,8-10,16,21,26H,3,6-7,11-12H2,1-2H3/t16-,21-,23+/m1/s1. The number of carbonyl (C=O) groups excluding carboxylic acids is 1. The summed E-state index contributed by atoms with van der Waals surface area (Å²) in [7, 11) is 3.18. The highest BCUT2D eigenvalue weighted by Gasteiger charge is 2.66. The predicted octanol–water partition coefficient (Wildman–Crippen LogP) is 3.49. The first-order valence-corrected chi connectivity index (χ1v) is 12.8. The maximum atomic E-state index is 13.2. The molecule has 0 aromatic heterocycles. The van der Waals surface area contributed by atoms with Gasteiger partial charge in [0.25, 0.3) is 0 Å². The lowest BCUT2D eigenvalue weighted by Gasteiger charge is -2.52. The van der Waals surface area contributed by atoms with Gasteiger partial charge < -0.3 is 28.8 Å². The van der Waals surface area contributed by atoms with E-state index in [1.54, 1.807) is 32.4 Å². The number of esters is 1. The Morgan fingerprint density at radius 2 is 1.67 bits per heavy atom. The summed E-state index contributed by atoms with van der Waals surface area (Å²) in [4.78, 5) is 13.2. The van der Waals surface area contributed by atoms with Crippen molar-refractivity contribution in [3.63, 3.8) is 0 Å². The number of thioether (sulfide) groups is 2. The second kappa shape index (κ2) is 7.65. The molecule has 7 nitrogen and oxygen atoms in total. The highest BCUT2D eigenvalue weighted by atomic mass is 32.2. The van der Waals surface area contributed by atoms with Gasteiger partial charge in [-0.25, -0.2) is 0 Å². The zero-order chi connectivity index (χ0) is 22.8. The zero-order valence-corrected chi connectivity index (χ0v) is 19.9. The predicted molar refractivity (Wildman–Crippen MR) is 124 cm³/mol. The molecule has 1 spiro atoms. The minimum absolute atomic E-state index is 0.128. The van der Waals surface area contributed by atoms with Gasteiger partial charge in [0.2, 0.25) is 6.79 Å². The van der Waals surface area contributed by atoms with Crippen LogP contribution < -0.4 is 18.9 Å². The van der Waals surface area contributed by atoms with E-state index in [1.165, 1.54) is 0 Å². The van der Waals surface area contributed by atoms with Gasteiger partial charge in [-0.05, 0) is 58.9 Å². The van der Waals surface area contributed by atoms with Crippen molar-refractivity contribution >= 4 is 29.5 Å². The van der Waals surface area contributed by atoms with Crippen LogP contribution in [0.4, 0.5) is 0 Å². The van der Waals surface area contributed by atoms with Gasteiger partial charge in [-0.3, -0.25) is 4.79 Å². The minimum atomic E-state index is -1.63. The second-order valence-corrected chi connectivity index (χ2v) is 11.5. The van der Waals surface area contributed by atoms with Gasteiger partial charge in [-0.1, -0.05) is 6.07 Å². The lowest BCUT2D eigenvalue weighted by molar-refractivity contribution is -0.148. The molecule has 1 N–H and O–H groups in total. The van der Waals surface area contributed by atoms with E-state index in [0.717, 1.165) is 23.5 Å². The molecule has 174 valence electrons. The zero-order valence-electron chi connectivity index (χ0n) is 18.3. The van der Waals surface area contributed by atoms with E-state index in [2.05, 4.69) is 0 Å². The average molecular weight is 489 g/mol. The molecule has 2 saturated heterocycles. The highest BCUT2D eigenvalue weighted by molar-refractivity contribution is 8.18. The van der Waals surface area contributed by atoms with Crippen molar-refractivity contribution in [3.8, 4) is 23.0 Å². The summed E-state index contributed by atoms with van der Waals surface area (Å²) in [6, 6.07) is 9.13. The van der Waals surface area contributed by atoms with Gasteiger partial charge in [0.15, 0.2) is 23.0 Å². The molecule has 3 atom stereocenters. The topological polar surface area (TPSA) is 83.5 Å². The maximum Gasteiger partial charge on any atom is 0.313 e. The monoisotopic (exact) mass is 488 g/mol. The molecule has 0 unspecified atom stereocenters. The molecule has 3 aliphatic heterocycles. The Hall–Kier alpha value is -2.23. The number of methoxy groups -OCH3 is 2. The van der Waals surface area contributed by atoms with Gasteiger partial charge in [0, 0.05) is 5.92 Å². The van der Waals surface area contributed by atoms with Crippen LogP contribution in [-0.4, -0.2) is 50.2 Å². The lowest BCUT2D eigenvalue weighted by Crippen LogP contribution is -2.53. The number of aliphatic hydroxyl groups is 1. The Balaban J connectivity index is 1.65. The van der Waals surface area contributed by atoms with Crippen LogP contribution >= 0.6 is 23.5 Å². The molecule has 6 rings (SSSR count). The van der Waals surface area contributed by atoms with Crippen molar-refractivity contribution < 1.29 is 33.6 Å². The van der Waals surface area contributed by atoms with Crippen molar-refractivity contribution in [1.82, 2.24) is 0 Å². The van der Waals surface area contributed by atoms with Gasteiger partial charge in [0.05, 0.1) is 24.9 Å². The molecule has 3 heterocycles. The second-order valence-electron chi connectivity index (χ2n) is 8.52. The van der Waals surface area contributed by atoms with Crippen LogP contribution in [0.5, 0.6) is 23.0 Å². The third-order valence-corrected chi connectivity index (χ3v) is 10.6. The summed E-state index contributed by atoms with van der Waals surface area (Å²) in [5, 5.41) is 12.6. The van der Waals surface area contributed by atoms with E-state index in [9.17, 15) is 9.90 Å². The van der Waals surface area contributed by atoms with Crippen LogP contribution in [0.15, 0.2) is 30.3 Å². The SMILES string of the molecule is COc1cc2c(cc1OC)[C@@](O)(c1ccc3c(c1)OCO3)[C@H]1C(=O)OC[C@H]1C21SCCCS1. The Morgan fingerprint density at radius 1 is 0.970 bits per heavy atom. The molecule has 0 radical (unpaired) electrons. The Kier molecular flexibility index (Phi) is 4.94. The van der Waals surface area contributed by atoms with Crippen LogP contribution in [0.3, 0.4) is 0 Å². The molecule has 4 aliphatic rings. The number of rotatable bonds is 3. The van der Waals surface area contributed by atoms with Gasteiger partial charge in [-0.2, -0.15) is 0 Å². The Labute approximate surface area is 200 Å². The van der Waals surface area contributed by atoms with Gasteiger partial charge in [0.1, 0.15) is 11.5 Å². The molecule has 1 aliphatic carbocycles. The fourth-order valence-corrected chi connectivity index (χ4v) is 9.23. The van der Waals surface area contributed by atoms with E-state index in [0.29, 0.717) is 34.1 Å². The normalized spacial score (nSPS) is 28.8. The number of hydrogen-bond donors (Lipinski definition) is 1. The Morgan fingerprint density at radius 3 is 2.39 bits per heavy atom. The molecular weight excluding hydrogens is 464 g/mol. The molecule has 9 heteroatoms. The van der Waals surface area contributed by atoms with Crippen LogP contribution in [0.25, 0.3) is 0 Å². The van der Waals surface area contributed by atoms with Crippen molar-refractivity contribution in [2.24, 2.45) is 11.8 Å². The third-order valence-electron chi connectivity index (χ3n) is 7.04. The minimum Gasteiger partial charge on any atom is -0.493 e. The lowest BCUT2D eigenvalue weighted by atomic mass is 9.63. The highest BCUT2D eigenvalue weighted by Crippen LogP contribution is 2.67. The average Bonchev–Trinajstić information content (AvgIpc) is 3.49. The number of carbonyl (C=O) groups is 1. The summed E-state index contributed by atoms with van der Waals surface area (Å²) >= 11 is 3.67. The van der Waals surface area contributed by atoms with Gasteiger partial charge >= 0.3 is 5.97 Å². The van der Waals surface area contributed by atoms with E-state index in [-0.39, 0.29) is 25.3 Å². The molecule has 2 aromatic carbocycles. The fourth-order valence-electron chi connectivity index (χ4n) is 5.55. The Bertz CT molecular complexity index is 1130. The summed E-state index contributed by atoms with van der Waals surface area (Å²) in [5.41, 5.74) is 0.531. The van der Waals surface area contributed by atoms with Crippen molar-refractivity contribution in [3.05, 3.63) is 47.0 Å². The molecule has 0 amide bonds. The quantitative estimate of drug-likeness (QED) is 0.653. The number of ether oxygens (including phenoxy) is 5. The van der Waals surface area contributed by atoms with Crippen LogP contribution in [-0.2, 0) is 19.2 Å². The van der Waals surface area contributed by atoms with E-state index >= 15 is 0 Å². The van der Waals surface area contributed by atoms with Crippen LogP contribution in [0, 0.1) is 11.8 Å². The van der Waals surface area contributed by atoms with E-state index in [4.69, 9.17) is 23.7 Å². The number of fused-ring (bicyclic) bond motifs is 5. The van der Waals surface area contributed by atoms with E-state index in [1.807, 2.05) is 35.7 Å². The van der Waals surface area contributed by atoms with E-state index < -0.39 is 15.6 Å². The maximum absolute atomic E-state index is 13.2. The van der Waals surface area contributed by atoms with Crippen LogP contribution in [0.1, 0.15) is 23.1 Å². The molecule has 2 fully saturated rings. The summed E-state index contributed by atoms with van der Waals surface area (Å²) in [6.45, 7) is 0.396. The molecule has 0 saturated carbocycles. The van der Waals surface area contributed by atoms with Crippen LogP contribution in [0.2, 0.25) is 0 Å². The summed E-state index contributed by atoms with van der Waals surface area (Å²) < 4.78 is 27.5. The molecule has 2 aromatic rings. The molecular formula is C24H24O7S2. The number of hydrogen-bond acceptors (Lipinski definition) is 9. The summed E-state index contributed by atoms with van der Waals surface area (Å²) in [5.74, 6) is 2.86. The first kappa shape index (κ1) is 21.3.